The number of para-hydroxylation sites is 1. The SMILES string of the molecule is Nc1c(-c2nc(-c3ccc(Br)cc3)no2)nnn1-c1ccccc1. The Hall–Kier alpha value is -3.00. The van der Waals surface area contributed by atoms with Crippen LogP contribution in [0.15, 0.2) is 63.6 Å². The van der Waals surface area contributed by atoms with Crippen LogP contribution < -0.4 is 5.73 Å². The molecule has 0 bridgehead atoms. The summed E-state index contributed by atoms with van der Waals surface area (Å²) in [6.45, 7) is 0. The fraction of sp³-hybridized carbons (Fsp3) is 0. The molecule has 0 amide bonds. The second kappa shape index (κ2) is 5.89. The van der Waals surface area contributed by atoms with E-state index < -0.39 is 0 Å². The minimum Gasteiger partial charge on any atom is -0.382 e. The second-order valence-corrected chi connectivity index (χ2v) is 5.92. The van der Waals surface area contributed by atoms with Gasteiger partial charge in [0, 0.05) is 10.0 Å². The summed E-state index contributed by atoms with van der Waals surface area (Å²) in [5.74, 6) is 1.03. The van der Waals surface area contributed by atoms with E-state index in [2.05, 4.69) is 36.4 Å². The number of rotatable bonds is 3. The molecule has 118 valence electrons. The first-order chi connectivity index (χ1) is 11.7. The van der Waals surface area contributed by atoms with Crippen molar-refractivity contribution in [3.63, 3.8) is 0 Å². The highest BCUT2D eigenvalue weighted by molar-refractivity contribution is 9.10. The molecule has 0 unspecified atom stereocenters. The Labute approximate surface area is 145 Å². The van der Waals surface area contributed by atoms with Gasteiger partial charge in [-0.15, -0.1) is 5.10 Å². The number of nitrogen functional groups attached to an aromatic ring is 1. The van der Waals surface area contributed by atoms with E-state index in [0.717, 1.165) is 15.7 Å². The molecule has 0 aliphatic heterocycles. The minimum absolute atomic E-state index is 0.229. The van der Waals surface area contributed by atoms with Crippen LogP contribution >= 0.6 is 15.9 Å². The van der Waals surface area contributed by atoms with Gasteiger partial charge in [-0.2, -0.15) is 9.67 Å². The van der Waals surface area contributed by atoms with E-state index in [0.29, 0.717) is 17.3 Å². The lowest BCUT2D eigenvalue weighted by Gasteiger charge is -2.01. The van der Waals surface area contributed by atoms with Gasteiger partial charge in [0.1, 0.15) is 0 Å². The molecule has 0 saturated carbocycles. The van der Waals surface area contributed by atoms with Crippen LogP contribution in [-0.2, 0) is 0 Å². The molecular weight excluding hydrogens is 372 g/mol. The number of aromatic nitrogens is 5. The summed E-state index contributed by atoms with van der Waals surface area (Å²) in [4.78, 5) is 4.36. The highest BCUT2D eigenvalue weighted by atomic mass is 79.9. The molecule has 0 aliphatic rings. The number of benzene rings is 2. The van der Waals surface area contributed by atoms with E-state index in [9.17, 15) is 0 Å². The first-order valence-electron chi connectivity index (χ1n) is 7.09. The normalized spacial score (nSPS) is 10.9. The van der Waals surface area contributed by atoms with Crippen LogP contribution in [0.2, 0.25) is 0 Å². The van der Waals surface area contributed by atoms with Gasteiger partial charge in [-0.1, -0.05) is 44.5 Å². The van der Waals surface area contributed by atoms with Crippen LogP contribution in [0, 0.1) is 0 Å². The quantitative estimate of drug-likeness (QED) is 0.583. The number of nitrogens with zero attached hydrogens (tertiary/aromatic N) is 5. The lowest BCUT2D eigenvalue weighted by molar-refractivity contribution is 0.431. The fourth-order valence-corrected chi connectivity index (χ4v) is 2.50. The van der Waals surface area contributed by atoms with Gasteiger partial charge in [-0.25, -0.2) is 0 Å². The van der Waals surface area contributed by atoms with Crippen molar-refractivity contribution in [3.05, 3.63) is 59.1 Å². The molecule has 0 atom stereocenters. The molecule has 7 nitrogen and oxygen atoms in total. The summed E-state index contributed by atoms with van der Waals surface area (Å²) in [5, 5.41) is 12.1. The average Bonchev–Trinajstić information content (AvgIpc) is 3.23. The van der Waals surface area contributed by atoms with E-state index >= 15 is 0 Å². The molecule has 0 fully saturated rings. The average molecular weight is 383 g/mol. The predicted octanol–water partition coefficient (Wildman–Crippen LogP) is 3.33. The number of halogens is 1. The van der Waals surface area contributed by atoms with Crippen molar-refractivity contribution in [2.45, 2.75) is 0 Å². The summed E-state index contributed by atoms with van der Waals surface area (Å²) < 4.78 is 7.80. The molecule has 8 heteroatoms. The molecule has 24 heavy (non-hydrogen) atoms. The fourth-order valence-electron chi connectivity index (χ4n) is 2.24. The maximum Gasteiger partial charge on any atom is 0.282 e. The van der Waals surface area contributed by atoms with Crippen molar-refractivity contribution in [3.8, 4) is 28.7 Å². The van der Waals surface area contributed by atoms with Crippen LogP contribution in [0.1, 0.15) is 0 Å². The second-order valence-electron chi connectivity index (χ2n) is 5.00. The first kappa shape index (κ1) is 14.6. The zero-order valence-corrected chi connectivity index (χ0v) is 13.9. The van der Waals surface area contributed by atoms with Crippen LogP contribution in [0.5, 0.6) is 0 Å². The standard InChI is InChI=1S/C16H11BrN6O/c17-11-8-6-10(7-9-11)15-19-16(24-21-15)13-14(18)23(22-20-13)12-4-2-1-3-5-12/h1-9H,18H2. The molecule has 2 heterocycles. The zero-order valence-electron chi connectivity index (χ0n) is 12.3. The molecule has 0 radical (unpaired) electrons. The van der Waals surface area contributed by atoms with Crippen LogP contribution in [-0.4, -0.2) is 25.1 Å². The molecule has 4 aromatic rings. The summed E-state index contributed by atoms with van der Waals surface area (Å²) in [7, 11) is 0. The lowest BCUT2D eigenvalue weighted by Crippen LogP contribution is -2.01. The first-order valence-corrected chi connectivity index (χ1v) is 7.88. The monoisotopic (exact) mass is 382 g/mol. The lowest BCUT2D eigenvalue weighted by atomic mass is 10.2. The van der Waals surface area contributed by atoms with E-state index in [1.807, 2.05) is 54.6 Å². The van der Waals surface area contributed by atoms with E-state index in [1.54, 1.807) is 0 Å². The maximum absolute atomic E-state index is 6.14. The number of hydrogen-bond acceptors (Lipinski definition) is 6. The largest absolute Gasteiger partial charge is 0.382 e. The van der Waals surface area contributed by atoms with Crippen molar-refractivity contribution in [2.24, 2.45) is 0 Å². The molecule has 2 N–H and O–H groups in total. The van der Waals surface area contributed by atoms with Gasteiger partial charge in [0.25, 0.3) is 5.89 Å². The highest BCUT2D eigenvalue weighted by Gasteiger charge is 2.19. The van der Waals surface area contributed by atoms with E-state index in [-0.39, 0.29) is 5.89 Å². The molecular formula is C16H11BrN6O. The maximum atomic E-state index is 6.14. The van der Waals surface area contributed by atoms with Crippen molar-refractivity contribution in [2.75, 3.05) is 5.73 Å². The Bertz CT molecular complexity index is 977. The van der Waals surface area contributed by atoms with Gasteiger partial charge in [0.05, 0.1) is 5.69 Å². The molecule has 4 rings (SSSR count). The van der Waals surface area contributed by atoms with Gasteiger partial charge in [0.15, 0.2) is 11.5 Å². The van der Waals surface area contributed by atoms with Crippen LogP contribution in [0.4, 0.5) is 5.82 Å². The molecule has 2 aromatic heterocycles. The van der Waals surface area contributed by atoms with Crippen molar-refractivity contribution in [1.82, 2.24) is 25.1 Å². The summed E-state index contributed by atoms with van der Waals surface area (Å²) in [5.41, 5.74) is 8.14. The number of anilines is 1. The third-order valence-electron chi connectivity index (χ3n) is 3.44. The van der Waals surface area contributed by atoms with Crippen LogP contribution in [0.3, 0.4) is 0 Å². The molecule has 2 aromatic carbocycles. The molecule has 0 saturated heterocycles. The minimum atomic E-state index is 0.229. The van der Waals surface area contributed by atoms with Crippen molar-refractivity contribution in [1.29, 1.82) is 0 Å². The highest BCUT2D eigenvalue weighted by Crippen LogP contribution is 2.26. The predicted molar refractivity (Wildman–Crippen MR) is 92.2 cm³/mol. The third-order valence-corrected chi connectivity index (χ3v) is 3.97. The Morgan fingerprint density at radius 2 is 1.75 bits per heavy atom. The molecule has 0 spiro atoms. The summed E-state index contributed by atoms with van der Waals surface area (Å²) in [6, 6.07) is 17.1. The zero-order chi connectivity index (χ0) is 16.5. The van der Waals surface area contributed by atoms with Gasteiger partial charge >= 0.3 is 0 Å². The Morgan fingerprint density at radius 3 is 2.50 bits per heavy atom. The van der Waals surface area contributed by atoms with Crippen molar-refractivity contribution < 1.29 is 4.52 Å². The topological polar surface area (TPSA) is 95.7 Å². The Morgan fingerprint density at radius 1 is 1.00 bits per heavy atom. The van der Waals surface area contributed by atoms with Crippen molar-refractivity contribution >= 4 is 21.7 Å². The summed E-state index contributed by atoms with van der Waals surface area (Å²) >= 11 is 3.39. The molecule has 0 aliphatic carbocycles. The smallest absolute Gasteiger partial charge is 0.282 e. The van der Waals surface area contributed by atoms with E-state index in [1.165, 1.54) is 4.68 Å². The van der Waals surface area contributed by atoms with Gasteiger partial charge in [-0.05, 0) is 36.4 Å². The number of hydrogen-bond donors (Lipinski definition) is 1. The third kappa shape index (κ3) is 2.56. The van der Waals surface area contributed by atoms with Gasteiger partial charge in [0.2, 0.25) is 5.82 Å². The Kier molecular flexibility index (Phi) is 3.58. The number of nitrogens with two attached hydrogens (primary N) is 1. The van der Waals surface area contributed by atoms with E-state index in [4.69, 9.17) is 10.3 Å². The van der Waals surface area contributed by atoms with Gasteiger partial charge in [-0.3, -0.25) is 0 Å². The van der Waals surface area contributed by atoms with Gasteiger partial charge < -0.3 is 10.3 Å². The summed E-state index contributed by atoms with van der Waals surface area (Å²) in [6.07, 6.45) is 0. The van der Waals surface area contributed by atoms with Crippen LogP contribution in [0.25, 0.3) is 28.7 Å². The Balaban J connectivity index is 1.71.